The maximum atomic E-state index is 13.5. The lowest BCUT2D eigenvalue weighted by Crippen LogP contribution is -2.43. The number of amides is 2. The Bertz CT molecular complexity index is 1480. The minimum absolute atomic E-state index is 0.125. The molecule has 236 valence electrons. The Hall–Kier alpha value is -4.05. The molecule has 10 nitrogen and oxygen atoms in total. The number of likely N-dealkylation sites (N-methyl/N-ethyl adjacent to an activating group) is 1. The van der Waals surface area contributed by atoms with Gasteiger partial charge < -0.3 is 24.3 Å². The Labute approximate surface area is 259 Å². The molecule has 44 heavy (non-hydrogen) atoms. The van der Waals surface area contributed by atoms with E-state index < -0.39 is 12.1 Å². The number of rotatable bonds is 12. The molecule has 3 heterocycles. The van der Waals surface area contributed by atoms with Gasteiger partial charge in [0.1, 0.15) is 6.10 Å². The van der Waals surface area contributed by atoms with Crippen LogP contribution in [0.2, 0.25) is 0 Å². The average Bonchev–Trinajstić information content (AvgIpc) is 3.61. The predicted molar refractivity (Wildman–Crippen MR) is 170 cm³/mol. The molecule has 0 radical (unpaired) electrons. The second-order valence-corrected chi connectivity index (χ2v) is 12.9. The first kappa shape index (κ1) is 32.9. The van der Waals surface area contributed by atoms with Gasteiger partial charge in [-0.15, -0.1) is 0 Å². The fourth-order valence-corrected chi connectivity index (χ4v) is 5.35. The first-order valence-corrected chi connectivity index (χ1v) is 15.2. The number of carbonyl (C=O) groups excluding carboxylic acids is 3. The highest BCUT2D eigenvalue weighted by Crippen LogP contribution is 2.34. The van der Waals surface area contributed by atoms with Gasteiger partial charge in [0.2, 0.25) is 5.91 Å². The van der Waals surface area contributed by atoms with Crippen LogP contribution in [-0.4, -0.2) is 72.4 Å². The number of nitrogens with one attached hydrogen (secondary N) is 1. The first-order chi connectivity index (χ1) is 20.9. The molecule has 1 aromatic carbocycles. The molecule has 1 fully saturated rings. The summed E-state index contributed by atoms with van der Waals surface area (Å²) >= 11 is 0. The van der Waals surface area contributed by atoms with E-state index >= 15 is 0 Å². The van der Waals surface area contributed by atoms with Crippen LogP contribution in [0.4, 0.5) is 10.5 Å². The van der Waals surface area contributed by atoms with E-state index in [4.69, 9.17) is 14.5 Å². The lowest BCUT2D eigenvalue weighted by molar-refractivity contribution is -0.123. The predicted octanol–water partition coefficient (Wildman–Crippen LogP) is 4.19. The number of aliphatic imine (C=N–C) groups is 1. The molecule has 1 unspecified atom stereocenters. The van der Waals surface area contributed by atoms with Gasteiger partial charge in [0.05, 0.1) is 31.5 Å². The van der Waals surface area contributed by atoms with Crippen LogP contribution in [0.3, 0.4) is 0 Å². The van der Waals surface area contributed by atoms with E-state index in [0.717, 1.165) is 23.4 Å². The number of benzene rings is 1. The third kappa shape index (κ3) is 9.22. The minimum atomic E-state index is -0.896. The molecule has 2 aliphatic rings. The van der Waals surface area contributed by atoms with Crippen molar-refractivity contribution in [3.05, 3.63) is 75.7 Å². The second-order valence-electron chi connectivity index (χ2n) is 12.9. The summed E-state index contributed by atoms with van der Waals surface area (Å²) in [7, 11) is 3.30. The maximum Gasteiger partial charge on any atom is 0.408 e. The van der Waals surface area contributed by atoms with Crippen molar-refractivity contribution in [3.8, 4) is 0 Å². The van der Waals surface area contributed by atoms with Gasteiger partial charge in [-0.3, -0.25) is 19.4 Å². The van der Waals surface area contributed by atoms with Gasteiger partial charge in [0.15, 0.2) is 5.78 Å². The molecule has 0 saturated carbocycles. The molecule has 2 amide bonds. The molecular formula is C34H44N4O6. The van der Waals surface area contributed by atoms with Gasteiger partial charge in [-0.25, -0.2) is 4.79 Å². The van der Waals surface area contributed by atoms with E-state index in [1.54, 1.807) is 43.1 Å². The Kier molecular flexibility index (Phi) is 10.9. The fraction of sp³-hybridized carbons (Fsp3) is 0.500. The smallest absolute Gasteiger partial charge is 0.408 e. The van der Waals surface area contributed by atoms with Crippen molar-refractivity contribution in [2.45, 2.75) is 78.0 Å². The van der Waals surface area contributed by atoms with Gasteiger partial charge in [-0.05, 0) is 47.9 Å². The van der Waals surface area contributed by atoms with E-state index in [0.29, 0.717) is 44.6 Å². The number of ether oxygens (including phenoxy) is 2. The summed E-state index contributed by atoms with van der Waals surface area (Å²) in [5.41, 5.74) is 4.45. The van der Waals surface area contributed by atoms with Gasteiger partial charge in [0, 0.05) is 50.8 Å². The normalized spacial score (nSPS) is 16.8. The van der Waals surface area contributed by atoms with E-state index in [2.05, 4.69) is 44.3 Å². The maximum absolute atomic E-state index is 13.5. The molecule has 2 aromatic rings. The number of Topliss-reactive ketones (excluding diaryl/α,β-unsaturated/α-hetero) is 1. The van der Waals surface area contributed by atoms with Crippen molar-refractivity contribution in [1.29, 1.82) is 0 Å². The summed E-state index contributed by atoms with van der Waals surface area (Å²) in [5.74, 6) is -0.490. The van der Waals surface area contributed by atoms with Crippen LogP contribution < -0.4 is 10.9 Å². The quantitative estimate of drug-likeness (QED) is 0.363. The monoisotopic (exact) mass is 604 g/mol. The molecule has 0 bridgehead atoms. The number of para-hydroxylation sites is 1. The molecular weight excluding hydrogens is 560 g/mol. The van der Waals surface area contributed by atoms with Gasteiger partial charge >= 0.3 is 6.09 Å². The molecule has 4 rings (SSSR count). The molecule has 1 saturated heterocycles. The molecule has 0 aliphatic carbocycles. The molecule has 1 aromatic heterocycles. The third-order valence-corrected chi connectivity index (χ3v) is 7.57. The lowest BCUT2D eigenvalue weighted by Gasteiger charge is -2.19. The Morgan fingerprint density at radius 3 is 2.66 bits per heavy atom. The van der Waals surface area contributed by atoms with Gasteiger partial charge in [0.25, 0.3) is 5.56 Å². The lowest BCUT2D eigenvalue weighted by atomic mass is 9.87. The van der Waals surface area contributed by atoms with E-state index in [1.807, 2.05) is 0 Å². The van der Waals surface area contributed by atoms with Crippen molar-refractivity contribution in [3.63, 3.8) is 0 Å². The average molecular weight is 605 g/mol. The van der Waals surface area contributed by atoms with E-state index in [-0.39, 0.29) is 41.6 Å². The largest absolute Gasteiger partial charge is 0.444 e. The van der Waals surface area contributed by atoms with Crippen LogP contribution in [0.25, 0.3) is 0 Å². The minimum Gasteiger partial charge on any atom is -0.444 e. The molecule has 10 heteroatoms. The first-order valence-electron chi connectivity index (χ1n) is 15.2. The number of nitrogens with zero attached hydrogens (tertiary/aromatic N) is 3. The van der Waals surface area contributed by atoms with E-state index in [1.165, 1.54) is 16.5 Å². The zero-order chi connectivity index (χ0) is 31.9. The van der Waals surface area contributed by atoms with Crippen molar-refractivity contribution in [2.75, 3.05) is 27.3 Å². The summed E-state index contributed by atoms with van der Waals surface area (Å²) in [6.07, 6.45) is 6.39. The van der Waals surface area contributed by atoms with Crippen molar-refractivity contribution >= 4 is 29.2 Å². The number of allylic oxidation sites excluding steroid dienone is 1. The van der Waals surface area contributed by atoms with Crippen LogP contribution in [0.5, 0.6) is 0 Å². The summed E-state index contributed by atoms with van der Waals surface area (Å²) in [6, 6.07) is 8.77. The number of hydrogen-bond donors (Lipinski definition) is 1. The zero-order valence-corrected chi connectivity index (χ0v) is 26.4. The van der Waals surface area contributed by atoms with Crippen LogP contribution in [0.15, 0.2) is 58.5 Å². The number of pyridine rings is 1. The highest BCUT2D eigenvalue weighted by Gasteiger charge is 2.26. The van der Waals surface area contributed by atoms with Crippen molar-refractivity contribution in [2.24, 2.45) is 10.4 Å². The topological polar surface area (TPSA) is 119 Å². The Balaban J connectivity index is 1.45. The summed E-state index contributed by atoms with van der Waals surface area (Å²) in [6.45, 7) is 7.77. The van der Waals surface area contributed by atoms with Crippen LogP contribution in [0.1, 0.15) is 56.7 Å². The highest BCUT2D eigenvalue weighted by molar-refractivity contribution is 5.94. The number of hydrogen-bond acceptors (Lipinski definition) is 7. The molecule has 0 spiro atoms. The number of fused-ring (bicyclic) bond motifs is 1. The summed E-state index contributed by atoms with van der Waals surface area (Å²) in [4.78, 5) is 57.8. The molecule has 2 aliphatic heterocycles. The SMILES string of the molecule is CN(C)C(=O)/C=C/CC[C@H](NC(=O)OC1CCOC1)C(=O)Cc1cccn(CC2=Nc3c(cccc3CC(C)(C)C)C2)c1=O. The standard InChI is InChI=1S/C34H44N4O6/c1-34(2,3)20-25-11-8-10-23-18-26(35-31(23)25)21-38-16-9-12-24(32(38)41)19-29(39)28(13-6-7-14-30(40)37(4)5)36-33(42)44-27-15-17-43-22-27/h7-12,14,16,27-28H,6,13,15,17-22H2,1-5H3,(H,36,42)/b14-7+/t27?,28-/m0/s1. The second kappa shape index (κ2) is 14.6. The van der Waals surface area contributed by atoms with Gasteiger partial charge in [-0.1, -0.05) is 51.1 Å². The highest BCUT2D eigenvalue weighted by atomic mass is 16.6. The van der Waals surface area contributed by atoms with Crippen molar-refractivity contribution in [1.82, 2.24) is 14.8 Å². The number of aromatic nitrogens is 1. The molecule has 2 atom stereocenters. The fourth-order valence-electron chi connectivity index (χ4n) is 5.35. The number of ketones is 1. The van der Waals surface area contributed by atoms with E-state index in [9.17, 15) is 19.2 Å². The number of alkyl carbamates (subject to hydrolysis) is 1. The number of carbonyl (C=O) groups is 3. The Morgan fingerprint density at radius 1 is 1.18 bits per heavy atom. The van der Waals surface area contributed by atoms with Crippen molar-refractivity contribution < 1.29 is 23.9 Å². The summed E-state index contributed by atoms with van der Waals surface area (Å²) < 4.78 is 12.3. The van der Waals surface area contributed by atoms with Crippen LogP contribution in [-0.2, 0) is 44.9 Å². The summed E-state index contributed by atoms with van der Waals surface area (Å²) in [5, 5.41) is 2.68. The van der Waals surface area contributed by atoms with Crippen LogP contribution >= 0.6 is 0 Å². The third-order valence-electron chi connectivity index (χ3n) is 7.57. The zero-order valence-electron chi connectivity index (χ0n) is 26.4. The van der Waals surface area contributed by atoms with Crippen LogP contribution in [0, 0.1) is 5.41 Å². The molecule has 1 N–H and O–H groups in total. The Morgan fingerprint density at radius 2 is 1.95 bits per heavy atom. The van der Waals surface area contributed by atoms with Gasteiger partial charge in [-0.2, -0.15) is 0 Å².